The van der Waals surface area contributed by atoms with Crippen LogP contribution in [0.25, 0.3) is 10.2 Å². The molecule has 2 rings (SSSR count). The van der Waals surface area contributed by atoms with Gasteiger partial charge in [-0.25, -0.2) is 4.98 Å². The Labute approximate surface area is 96.8 Å². The van der Waals surface area contributed by atoms with Gasteiger partial charge in [-0.3, -0.25) is 0 Å². The number of benzene rings is 1. The lowest BCUT2D eigenvalue weighted by Gasteiger charge is -1.98. The van der Waals surface area contributed by atoms with Gasteiger partial charge in [0.05, 0.1) is 24.7 Å². The third kappa shape index (κ3) is 1.52. The lowest BCUT2D eigenvalue weighted by Crippen LogP contribution is -1.80. The Morgan fingerprint density at radius 2 is 2.15 bits per heavy atom. The molecule has 2 N–H and O–H groups in total. The van der Waals surface area contributed by atoms with Gasteiger partial charge in [0.25, 0.3) is 0 Å². The summed E-state index contributed by atoms with van der Waals surface area (Å²) in [6.45, 7) is 0. The van der Waals surface area contributed by atoms with Crippen molar-refractivity contribution in [3.05, 3.63) is 20.6 Å². The molecule has 2 nitrogen and oxygen atoms in total. The van der Waals surface area contributed by atoms with Crippen molar-refractivity contribution in [1.82, 2.24) is 4.98 Å². The maximum absolute atomic E-state index is 5.91. The molecule has 0 bridgehead atoms. The molecule has 0 fully saturated rings. The van der Waals surface area contributed by atoms with Gasteiger partial charge in [0.1, 0.15) is 0 Å². The number of rotatable bonds is 0. The first-order chi connectivity index (χ1) is 6.09. The molecule has 0 amide bonds. The number of nitrogens with zero attached hydrogens (tertiary/aromatic N) is 1. The van der Waals surface area contributed by atoms with Crippen LogP contribution in [0, 0.1) is 0 Å². The summed E-state index contributed by atoms with van der Waals surface area (Å²) in [6, 6.07) is 1.76. The van der Waals surface area contributed by atoms with Gasteiger partial charge in [0, 0.05) is 0 Å². The molecule has 0 radical (unpaired) electrons. The lowest BCUT2D eigenvalue weighted by molar-refractivity contribution is 1.48. The minimum absolute atomic E-state index is 0.472. The smallest absolute Gasteiger partial charge is 0.181 e. The van der Waals surface area contributed by atoms with Crippen LogP contribution >= 0.6 is 50.5 Å². The molecule has 6 heteroatoms. The van der Waals surface area contributed by atoms with Crippen LogP contribution in [-0.2, 0) is 0 Å². The van der Waals surface area contributed by atoms with E-state index in [9.17, 15) is 0 Å². The molecule has 1 aromatic carbocycles. The van der Waals surface area contributed by atoms with Crippen molar-refractivity contribution in [2.75, 3.05) is 5.73 Å². The van der Waals surface area contributed by atoms with E-state index < -0.39 is 0 Å². The SMILES string of the molecule is Nc1nc2c(Br)c(Cl)c(Cl)cc2s1. The van der Waals surface area contributed by atoms with Crippen molar-refractivity contribution >= 4 is 65.8 Å². The molecule has 1 aromatic heterocycles. The van der Waals surface area contributed by atoms with E-state index in [1.807, 2.05) is 0 Å². The second-order valence-electron chi connectivity index (χ2n) is 2.39. The zero-order valence-corrected chi connectivity index (χ0v) is 10.1. The summed E-state index contributed by atoms with van der Waals surface area (Å²) >= 11 is 16.5. The maximum atomic E-state index is 5.91. The molecule has 0 saturated heterocycles. The molecule has 0 spiro atoms. The predicted molar refractivity (Wildman–Crippen MR) is 61.8 cm³/mol. The molecule has 0 atom stereocenters. The van der Waals surface area contributed by atoms with Crippen molar-refractivity contribution in [3.63, 3.8) is 0 Å². The summed E-state index contributed by atoms with van der Waals surface area (Å²) in [7, 11) is 0. The van der Waals surface area contributed by atoms with Gasteiger partial charge in [-0.2, -0.15) is 0 Å². The van der Waals surface area contributed by atoms with Crippen molar-refractivity contribution < 1.29 is 0 Å². The fourth-order valence-electron chi connectivity index (χ4n) is 0.991. The van der Waals surface area contributed by atoms with Gasteiger partial charge in [0.2, 0.25) is 0 Å². The summed E-state index contributed by atoms with van der Waals surface area (Å²) in [4.78, 5) is 4.12. The van der Waals surface area contributed by atoms with Gasteiger partial charge >= 0.3 is 0 Å². The van der Waals surface area contributed by atoms with Crippen LogP contribution in [0.2, 0.25) is 10.0 Å². The van der Waals surface area contributed by atoms with Gasteiger partial charge in [-0.1, -0.05) is 34.5 Å². The molecule has 0 aliphatic rings. The third-order valence-electron chi connectivity index (χ3n) is 1.54. The number of nitrogen functional groups attached to an aromatic ring is 1. The zero-order chi connectivity index (χ0) is 9.59. The number of aromatic nitrogens is 1. The lowest BCUT2D eigenvalue weighted by atomic mass is 10.3. The third-order valence-corrected chi connectivity index (χ3v) is 4.16. The van der Waals surface area contributed by atoms with Crippen molar-refractivity contribution in [2.24, 2.45) is 0 Å². The van der Waals surface area contributed by atoms with E-state index in [0.29, 0.717) is 19.6 Å². The van der Waals surface area contributed by atoms with Crippen molar-refractivity contribution in [1.29, 1.82) is 0 Å². The Morgan fingerprint density at radius 1 is 1.46 bits per heavy atom. The first kappa shape index (κ1) is 9.52. The van der Waals surface area contributed by atoms with Crippen molar-refractivity contribution in [2.45, 2.75) is 0 Å². The van der Waals surface area contributed by atoms with Gasteiger partial charge in [-0.15, -0.1) is 0 Å². The fourth-order valence-corrected chi connectivity index (χ4v) is 2.95. The van der Waals surface area contributed by atoms with E-state index in [1.165, 1.54) is 11.3 Å². The number of hydrogen-bond donors (Lipinski definition) is 1. The average Bonchev–Trinajstić information content (AvgIpc) is 2.42. The molecule has 13 heavy (non-hydrogen) atoms. The quantitative estimate of drug-likeness (QED) is 0.748. The number of anilines is 1. The Bertz CT molecular complexity index is 483. The Kier molecular flexibility index (Phi) is 2.40. The first-order valence-corrected chi connectivity index (χ1v) is 5.65. The van der Waals surface area contributed by atoms with Crippen LogP contribution in [0.5, 0.6) is 0 Å². The molecular weight excluding hydrogens is 295 g/mol. The summed E-state index contributed by atoms with van der Waals surface area (Å²) < 4.78 is 1.63. The van der Waals surface area contributed by atoms with E-state index in [1.54, 1.807) is 6.07 Å². The Balaban J connectivity index is 2.92. The van der Waals surface area contributed by atoms with Crippen LogP contribution in [-0.4, -0.2) is 4.98 Å². The number of halogens is 3. The van der Waals surface area contributed by atoms with E-state index in [4.69, 9.17) is 28.9 Å². The zero-order valence-electron chi connectivity index (χ0n) is 6.14. The summed E-state index contributed by atoms with van der Waals surface area (Å²) in [6.07, 6.45) is 0. The topological polar surface area (TPSA) is 38.9 Å². The van der Waals surface area contributed by atoms with Crippen LogP contribution < -0.4 is 5.73 Å². The van der Waals surface area contributed by atoms with Crippen LogP contribution in [0.1, 0.15) is 0 Å². The summed E-state index contributed by atoms with van der Waals surface area (Å²) in [5.74, 6) is 0. The largest absolute Gasteiger partial charge is 0.375 e. The second-order valence-corrected chi connectivity index (χ2v) is 5.03. The van der Waals surface area contributed by atoms with E-state index in [2.05, 4.69) is 20.9 Å². The first-order valence-electron chi connectivity index (χ1n) is 3.29. The highest BCUT2D eigenvalue weighted by Gasteiger charge is 2.11. The summed E-state index contributed by atoms with van der Waals surface area (Å²) in [5.41, 5.74) is 6.32. The molecular formula is C7H3BrCl2N2S. The molecule has 68 valence electrons. The highest BCUT2D eigenvalue weighted by atomic mass is 79.9. The molecule has 0 aliphatic heterocycles. The van der Waals surface area contributed by atoms with E-state index in [-0.39, 0.29) is 0 Å². The van der Waals surface area contributed by atoms with Crippen molar-refractivity contribution in [3.8, 4) is 0 Å². The normalized spacial score (nSPS) is 11.0. The van der Waals surface area contributed by atoms with Gasteiger partial charge in [0.15, 0.2) is 5.13 Å². The molecule has 2 aromatic rings. The van der Waals surface area contributed by atoms with Gasteiger partial charge < -0.3 is 5.73 Å². The highest BCUT2D eigenvalue weighted by molar-refractivity contribution is 9.10. The maximum Gasteiger partial charge on any atom is 0.181 e. The van der Waals surface area contributed by atoms with E-state index >= 15 is 0 Å². The number of nitrogens with two attached hydrogens (primary N) is 1. The molecule has 0 saturated carbocycles. The molecule has 0 aliphatic carbocycles. The van der Waals surface area contributed by atoms with E-state index in [0.717, 1.165) is 10.2 Å². The predicted octanol–water partition coefficient (Wildman–Crippen LogP) is 3.95. The van der Waals surface area contributed by atoms with Gasteiger partial charge in [-0.05, 0) is 22.0 Å². The highest BCUT2D eigenvalue weighted by Crippen LogP contribution is 2.39. The number of hydrogen-bond acceptors (Lipinski definition) is 3. The molecule has 1 heterocycles. The number of fused-ring (bicyclic) bond motifs is 1. The Hall–Kier alpha value is -0.0300. The average molecular weight is 298 g/mol. The Morgan fingerprint density at radius 3 is 2.85 bits per heavy atom. The minimum atomic E-state index is 0.472. The fraction of sp³-hybridized carbons (Fsp3) is 0. The molecule has 0 unspecified atom stereocenters. The van der Waals surface area contributed by atoms with Crippen LogP contribution in [0.15, 0.2) is 10.5 Å². The van der Waals surface area contributed by atoms with Crippen LogP contribution in [0.4, 0.5) is 5.13 Å². The summed E-state index contributed by atoms with van der Waals surface area (Å²) in [5, 5.41) is 1.48. The van der Waals surface area contributed by atoms with Crippen LogP contribution in [0.3, 0.4) is 0 Å². The standard InChI is InChI=1S/C7H3BrCl2N2S/c8-4-5(10)2(9)1-3-6(4)12-7(11)13-3/h1H,(H2,11,12). The second kappa shape index (κ2) is 3.28. The number of thiazole rings is 1. The monoisotopic (exact) mass is 296 g/mol. The minimum Gasteiger partial charge on any atom is -0.375 e.